The fraction of sp³-hybridized carbons (Fsp3) is 0.364. The molecule has 0 aliphatic rings. The molecular weight excluding hydrogens is 286 g/mol. The molecule has 10 heteroatoms. The van der Waals surface area contributed by atoms with E-state index in [-0.39, 0.29) is 18.7 Å². The first kappa shape index (κ1) is 16.3. The van der Waals surface area contributed by atoms with Crippen LogP contribution in [0.5, 0.6) is 0 Å². The van der Waals surface area contributed by atoms with Gasteiger partial charge in [0.1, 0.15) is 0 Å². The van der Waals surface area contributed by atoms with Gasteiger partial charge in [-0.05, 0) is 6.07 Å². The van der Waals surface area contributed by atoms with E-state index in [1.54, 1.807) is 0 Å². The quantitative estimate of drug-likeness (QED) is 0.428. The molecule has 1 aromatic rings. The van der Waals surface area contributed by atoms with Gasteiger partial charge in [0.15, 0.2) is 5.69 Å². The Bertz CT molecular complexity index is 528. The van der Waals surface area contributed by atoms with Crippen LogP contribution in [-0.2, 0) is 9.53 Å². The highest BCUT2D eigenvalue weighted by Crippen LogP contribution is 2.33. The summed E-state index contributed by atoms with van der Waals surface area (Å²) in [6.07, 6.45) is -1.53. The minimum Gasteiger partial charge on any atom is -0.469 e. The number of carbonyl (C=O) groups excluding carboxylic acids is 1. The summed E-state index contributed by atoms with van der Waals surface area (Å²) in [5.41, 5.74) is -1.31. The smallest absolute Gasteiger partial charge is 0.308 e. The van der Waals surface area contributed by atoms with Gasteiger partial charge in [0, 0.05) is 18.7 Å². The third kappa shape index (κ3) is 4.38. The number of hydrogen-bond donors (Lipinski definition) is 2. The number of nitrogens with one attached hydrogen (secondary N) is 1. The van der Waals surface area contributed by atoms with Gasteiger partial charge >= 0.3 is 5.97 Å². The van der Waals surface area contributed by atoms with Crippen LogP contribution in [0.25, 0.3) is 0 Å². The second-order valence-corrected chi connectivity index (χ2v) is 4.00. The van der Waals surface area contributed by atoms with Gasteiger partial charge in [0.05, 0.1) is 29.5 Å². The molecule has 0 saturated carbocycles. The molecule has 0 aliphatic carbocycles. The summed E-state index contributed by atoms with van der Waals surface area (Å²) >= 11 is 0. The SMILES string of the molecule is COC(=O)CC(O)CNc1c([N+](=O)[O-])cccc1[N+](=O)[O-]. The third-order valence-electron chi connectivity index (χ3n) is 2.56. The molecule has 0 bridgehead atoms. The zero-order chi connectivity index (χ0) is 16.0. The van der Waals surface area contributed by atoms with Crippen LogP contribution in [0.2, 0.25) is 0 Å². The normalized spacial score (nSPS) is 11.5. The highest BCUT2D eigenvalue weighted by atomic mass is 16.6. The third-order valence-corrected chi connectivity index (χ3v) is 2.56. The van der Waals surface area contributed by atoms with Crippen molar-refractivity contribution in [1.82, 2.24) is 0 Å². The number of esters is 1. The van der Waals surface area contributed by atoms with Gasteiger partial charge in [-0.3, -0.25) is 25.0 Å². The summed E-state index contributed by atoms with van der Waals surface area (Å²) < 4.78 is 4.35. The molecule has 10 nitrogen and oxygen atoms in total. The van der Waals surface area contributed by atoms with Gasteiger partial charge in [-0.25, -0.2) is 0 Å². The van der Waals surface area contributed by atoms with Crippen LogP contribution in [0, 0.1) is 20.2 Å². The molecule has 114 valence electrons. The molecule has 1 aromatic carbocycles. The van der Waals surface area contributed by atoms with E-state index in [1.165, 1.54) is 6.07 Å². The first-order chi connectivity index (χ1) is 9.86. The number of nitrogens with zero attached hydrogens (tertiary/aromatic N) is 2. The van der Waals surface area contributed by atoms with Gasteiger partial charge < -0.3 is 15.2 Å². The largest absolute Gasteiger partial charge is 0.469 e. The van der Waals surface area contributed by atoms with E-state index in [1.807, 2.05) is 0 Å². The number of benzene rings is 1. The monoisotopic (exact) mass is 299 g/mol. The van der Waals surface area contributed by atoms with Crippen molar-refractivity contribution in [2.75, 3.05) is 19.0 Å². The predicted molar refractivity (Wildman–Crippen MR) is 70.9 cm³/mol. The Morgan fingerprint density at radius 1 is 1.33 bits per heavy atom. The predicted octanol–water partition coefficient (Wildman–Crippen LogP) is 0.839. The van der Waals surface area contributed by atoms with Crippen molar-refractivity contribution in [2.24, 2.45) is 0 Å². The van der Waals surface area contributed by atoms with Crippen molar-refractivity contribution in [3.05, 3.63) is 38.4 Å². The number of anilines is 1. The number of ether oxygens (including phenoxy) is 1. The van der Waals surface area contributed by atoms with Crippen molar-refractivity contribution >= 4 is 23.0 Å². The maximum absolute atomic E-state index is 11.0. The Balaban J connectivity index is 2.93. The standard InChI is InChI=1S/C11H13N3O7/c1-21-10(16)5-7(15)6-12-11-8(13(17)18)3-2-4-9(11)14(19)20/h2-4,7,12,15H,5-6H2,1H3. The Hall–Kier alpha value is -2.75. The van der Waals surface area contributed by atoms with Crippen molar-refractivity contribution in [1.29, 1.82) is 0 Å². The highest BCUT2D eigenvalue weighted by molar-refractivity contribution is 5.74. The molecular formula is C11H13N3O7. The number of nitro benzene ring substituents is 2. The molecule has 2 N–H and O–H groups in total. The van der Waals surface area contributed by atoms with E-state index in [0.717, 1.165) is 19.2 Å². The molecule has 0 spiro atoms. The van der Waals surface area contributed by atoms with E-state index in [0.29, 0.717) is 0 Å². The second kappa shape index (κ2) is 7.14. The molecule has 0 aliphatic heterocycles. The fourth-order valence-corrected chi connectivity index (χ4v) is 1.58. The number of rotatable bonds is 7. The maximum atomic E-state index is 11.0. The van der Waals surface area contributed by atoms with E-state index < -0.39 is 33.3 Å². The van der Waals surface area contributed by atoms with Crippen molar-refractivity contribution in [2.45, 2.75) is 12.5 Å². The fourth-order valence-electron chi connectivity index (χ4n) is 1.58. The minimum atomic E-state index is -1.20. The maximum Gasteiger partial charge on any atom is 0.308 e. The van der Waals surface area contributed by atoms with Gasteiger partial charge in [0.2, 0.25) is 0 Å². The number of aliphatic hydroxyl groups excluding tert-OH is 1. The van der Waals surface area contributed by atoms with Crippen LogP contribution < -0.4 is 5.32 Å². The summed E-state index contributed by atoms with van der Waals surface area (Å²) in [5.74, 6) is -0.665. The molecule has 0 saturated heterocycles. The number of methoxy groups -OCH3 is 1. The molecule has 0 heterocycles. The Kier molecular flexibility index (Phi) is 5.55. The lowest BCUT2D eigenvalue weighted by atomic mass is 10.2. The van der Waals surface area contributed by atoms with E-state index in [4.69, 9.17) is 0 Å². The molecule has 0 aromatic heterocycles. The van der Waals surface area contributed by atoms with Crippen molar-refractivity contribution < 1.29 is 24.5 Å². The summed E-state index contributed by atoms with van der Waals surface area (Å²) in [4.78, 5) is 31.1. The van der Waals surface area contributed by atoms with Crippen molar-refractivity contribution in [3.63, 3.8) is 0 Å². The lowest BCUT2D eigenvalue weighted by Gasteiger charge is -2.12. The van der Waals surface area contributed by atoms with Crippen LogP contribution in [-0.4, -0.2) is 40.7 Å². The van der Waals surface area contributed by atoms with Crippen LogP contribution >= 0.6 is 0 Å². The Labute approximate surface area is 118 Å². The van der Waals surface area contributed by atoms with Gasteiger partial charge in [0.25, 0.3) is 11.4 Å². The van der Waals surface area contributed by atoms with E-state index in [2.05, 4.69) is 10.1 Å². The summed E-state index contributed by atoms with van der Waals surface area (Å²) in [6.45, 7) is -0.277. The van der Waals surface area contributed by atoms with E-state index >= 15 is 0 Å². The van der Waals surface area contributed by atoms with Crippen LogP contribution in [0.1, 0.15) is 6.42 Å². The Morgan fingerprint density at radius 3 is 2.29 bits per heavy atom. The molecule has 0 amide bonds. The van der Waals surface area contributed by atoms with Crippen LogP contribution in [0.4, 0.5) is 17.1 Å². The number of para-hydroxylation sites is 1. The number of hydrogen-bond acceptors (Lipinski definition) is 8. The van der Waals surface area contributed by atoms with Gasteiger partial charge in [-0.2, -0.15) is 0 Å². The van der Waals surface area contributed by atoms with Crippen molar-refractivity contribution in [3.8, 4) is 0 Å². The topological polar surface area (TPSA) is 145 Å². The van der Waals surface area contributed by atoms with Gasteiger partial charge in [-0.15, -0.1) is 0 Å². The molecule has 0 fully saturated rings. The Morgan fingerprint density at radius 2 is 1.86 bits per heavy atom. The molecule has 1 unspecified atom stereocenters. The lowest BCUT2D eigenvalue weighted by Crippen LogP contribution is -2.24. The summed E-state index contributed by atoms with van der Waals surface area (Å²) in [5, 5.41) is 33.7. The first-order valence-electron chi connectivity index (χ1n) is 5.77. The van der Waals surface area contributed by atoms with Crippen LogP contribution in [0.3, 0.4) is 0 Å². The second-order valence-electron chi connectivity index (χ2n) is 4.00. The number of carbonyl (C=O) groups is 1. The summed E-state index contributed by atoms with van der Waals surface area (Å²) in [7, 11) is 1.15. The first-order valence-corrected chi connectivity index (χ1v) is 5.77. The zero-order valence-corrected chi connectivity index (χ0v) is 11.0. The zero-order valence-electron chi connectivity index (χ0n) is 11.0. The molecule has 1 rings (SSSR count). The minimum absolute atomic E-state index is 0.277. The molecule has 0 radical (unpaired) electrons. The average molecular weight is 299 g/mol. The van der Waals surface area contributed by atoms with Crippen LogP contribution in [0.15, 0.2) is 18.2 Å². The summed E-state index contributed by atoms with van der Waals surface area (Å²) in [6, 6.07) is 3.39. The van der Waals surface area contributed by atoms with Gasteiger partial charge in [-0.1, -0.05) is 0 Å². The number of aliphatic hydroxyl groups is 1. The molecule has 1 atom stereocenters. The lowest BCUT2D eigenvalue weighted by molar-refractivity contribution is -0.392. The number of nitro groups is 2. The van der Waals surface area contributed by atoms with E-state index in [9.17, 15) is 30.1 Å². The highest BCUT2D eigenvalue weighted by Gasteiger charge is 2.25. The average Bonchev–Trinajstić information content (AvgIpc) is 2.44. The molecule has 21 heavy (non-hydrogen) atoms.